The van der Waals surface area contributed by atoms with Crippen molar-refractivity contribution >= 4 is 11.6 Å². The van der Waals surface area contributed by atoms with Crippen LogP contribution >= 0.6 is 11.6 Å². The average molecular weight is 301 g/mol. The first-order valence-electron chi connectivity index (χ1n) is 6.69. The normalized spacial score (nSPS) is 9.81. The maximum atomic E-state index is 5.57. The molecule has 0 saturated heterocycles. The third-order valence-electron chi connectivity index (χ3n) is 2.91. The Morgan fingerprint density at radius 2 is 1.90 bits per heavy atom. The van der Waals surface area contributed by atoms with Crippen molar-refractivity contribution in [3.63, 3.8) is 0 Å². The molecular weight excluding hydrogens is 284 g/mol. The molecule has 0 aromatic heterocycles. The first kappa shape index (κ1) is 15.4. The Bertz CT molecular complexity index is 627. The zero-order valence-electron chi connectivity index (χ0n) is 11.9. The smallest absolute Gasteiger partial charge is 0.189 e. The highest BCUT2D eigenvalue weighted by Gasteiger charge is 1.99. The van der Waals surface area contributed by atoms with Gasteiger partial charge < -0.3 is 9.47 Å². The lowest BCUT2D eigenvalue weighted by Crippen LogP contribution is -2.03. The zero-order chi connectivity index (χ0) is 14.9. The summed E-state index contributed by atoms with van der Waals surface area (Å²) in [7, 11) is 0. The largest absolute Gasteiger partial charge is 0.468 e. The average Bonchev–Trinajstić information content (AvgIpc) is 2.52. The molecule has 0 fully saturated rings. The van der Waals surface area contributed by atoms with Crippen LogP contribution in [-0.2, 0) is 11.3 Å². The Balaban J connectivity index is 1.82. The predicted molar refractivity (Wildman–Crippen MR) is 85.5 cm³/mol. The van der Waals surface area contributed by atoms with E-state index in [0.29, 0.717) is 12.5 Å². The fraction of sp³-hybridized carbons (Fsp3) is 0.222. The van der Waals surface area contributed by atoms with E-state index < -0.39 is 0 Å². The highest BCUT2D eigenvalue weighted by atomic mass is 35.5. The molecule has 0 atom stereocenters. The summed E-state index contributed by atoms with van der Waals surface area (Å²) in [4.78, 5) is 0. The first-order valence-corrected chi connectivity index (χ1v) is 7.23. The van der Waals surface area contributed by atoms with Gasteiger partial charge in [-0.15, -0.1) is 11.6 Å². The van der Waals surface area contributed by atoms with Crippen LogP contribution in [0.3, 0.4) is 0 Å². The molecule has 0 N–H and O–H groups in total. The van der Waals surface area contributed by atoms with Gasteiger partial charge >= 0.3 is 0 Å². The van der Waals surface area contributed by atoms with E-state index in [1.54, 1.807) is 0 Å². The van der Waals surface area contributed by atoms with Crippen molar-refractivity contribution in [1.82, 2.24) is 0 Å². The Kier molecular flexibility index (Phi) is 6.15. The van der Waals surface area contributed by atoms with Crippen molar-refractivity contribution in [1.29, 1.82) is 0 Å². The van der Waals surface area contributed by atoms with Gasteiger partial charge in [-0.1, -0.05) is 42.2 Å². The van der Waals surface area contributed by atoms with Gasteiger partial charge in [0.1, 0.15) is 5.75 Å². The van der Waals surface area contributed by atoms with Gasteiger partial charge in [0.2, 0.25) is 0 Å². The molecule has 0 heterocycles. The lowest BCUT2D eigenvalue weighted by molar-refractivity contribution is 0.00502. The summed E-state index contributed by atoms with van der Waals surface area (Å²) in [6.07, 6.45) is 0. The van der Waals surface area contributed by atoms with Crippen LogP contribution in [0.2, 0.25) is 0 Å². The molecule has 0 saturated carbocycles. The van der Waals surface area contributed by atoms with Gasteiger partial charge in [0.25, 0.3) is 0 Å². The Morgan fingerprint density at radius 3 is 2.62 bits per heavy atom. The summed E-state index contributed by atoms with van der Waals surface area (Å²) in [5.74, 6) is 6.97. The van der Waals surface area contributed by atoms with Crippen molar-refractivity contribution in [2.45, 2.75) is 13.5 Å². The second-order valence-corrected chi connectivity index (χ2v) is 4.78. The van der Waals surface area contributed by atoms with Crippen molar-refractivity contribution in [3.8, 4) is 17.6 Å². The van der Waals surface area contributed by atoms with Crippen LogP contribution < -0.4 is 4.74 Å². The summed E-state index contributed by atoms with van der Waals surface area (Å²) in [5, 5.41) is 0. The quantitative estimate of drug-likeness (QED) is 0.358. The SMILES string of the molecule is Cc1cc(OCOCc2ccccc2)ccc1C#CCCl. The molecule has 0 bridgehead atoms. The number of hydrogen-bond donors (Lipinski definition) is 0. The second kappa shape index (κ2) is 8.36. The van der Waals surface area contributed by atoms with Crippen molar-refractivity contribution in [2.24, 2.45) is 0 Å². The van der Waals surface area contributed by atoms with Crippen LogP contribution in [0, 0.1) is 18.8 Å². The minimum Gasteiger partial charge on any atom is -0.468 e. The maximum Gasteiger partial charge on any atom is 0.189 e. The number of halogens is 1. The molecule has 2 rings (SSSR count). The van der Waals surface area contributed by atoms with Crippen molar-refractivity contribution in [2.75, 3.05) is 12.7 Å². The molecule has 0 unspecified atom stereocenters. The van der Waals surface area contributed by atoms with Crippen LogP contribution in [0.1, 0.15) is 16.7 Å². The number of hydrogen-bond acceptors (Lipinski definition) is 2. The third kappa shape index (κ3) is 5.15. The second-order valence-electron chi connectivity index (χ2n) is 4.51. The molecule has 108 valence electrons. The van der Waals surface area contributed by atoms with Gasteiger partial charge in [0, 0.05) is 5.56 Å². The number of ether oxygens (including phenoxy) is 2. The molecule has 21 heavy (non-hydrogen) atoms. The van der Waals surface area contributed by atoms with Crippen LogP contribution in [-0.4, -0.2) is 12.7 Å². The van der Waals surface area contributed by atoms with Crippen LogP contribution in [0.15, 0.2) is 48.5 Å². The van der Waals surface area contributed by atoms with Crippen molar-refractivity contribution < 1.29 is 9.47 Å². The van der Waals surface area contributed by atoms with Gasteiger partial charge in [-0.3, -0.25) is 0 Å². The Hall–Kier alpha value is -1.95. The van der Waals surface area contributed by atoms with E-state index in [0.717, 1.165) is 22.4 Å². The fourth-order valence-corrected chi connectivity index (χ4v) is 1.91. The van der Waals surface area contributed by atoms with E-state index in [4.69, 9.17) is 21.1 Å². The van der Waals surface area contributed by atoms with Gasteiger partial charge in [0.05, 0.1) is 12.5 Å². The van der Waals surface area contributed by atoms with Crippen LogP contribution in [0.4, 0.5) is 0 Å². The van der Waals surface area contributed by atoms with Gasteiger partial charge in [-0.25, -0.2) is 0 Å². The number of benzene rings is 2. The molecule has 3 heteroatoms. The van der Waals surface area contributed by atoms with E-state index in [2.05, 4.69) is 11.8 Å². The summed E-state index contributed by atoms with van der Waals surface area (Å²) >= 11 is 5.56. The molecule has 2 aromatic carbocycles. The van der Waals surface area contributed by atoms with E-state index in [9.17, 15) is 0 Å². The van der Waals surface area contributed by atoms with Gasteiger partial charge in [-0.05, 0) is 36.2 Å². The molecule has 2 nitrogen and oxygen atoms in total. The summed E-state index contributed by atoms with van der Waals surface area (Å²) in [6.45, 7) is 2.76. The fourth-order valence-electron chi connectivity index (χ4n) is 1.84. The zero-order valence-corrected chi connectivity index (χ0v) is 12.7. The molecule has 0 aliphatic rings. The molecule has 2 aromatic rings. The topological polar surface area (TPSA) is 18.5 Å². The standard InChI is InChI=1S/C18H17ClO2/c1-15-12-18(10-9-17(15)8-5-11-19)21-14-20-13-16-6-3-2-4-7-16/h2-4,6-7,9-10,12H,11,13-14H2,1H3. The molecule has 0 radical (unpaired) electrons. The Morgan fingerprint density at radius 1 is 1.10 bits per heavy atom. The number of alkyl halides is 1. The first-order chi connectivity index (χ1) is 10.3. The molecular formula is C18H17ClO2. The lowest BCUT2D eigenvalue weighted by atomic mass is 10.1. The molecule has 0 aliphatic carbocycles. The lowest BCUT2D eigenvalue weighted by Gasteiger charge is -2.08. The highest BCUT2D eigenvalue weighted by molar-refractivity contribution is 6.19. The van der Waals surface area contributed by atoms with E-state index in [-0.39, 0.29) is 6.79 Å². The predicted octanol–water partition coefficient (Wildman–Crippen LogP) is 4.14. The van der Waals surface area contributed by atoms with Gasteiger partial charge in [0.15, 0.2) is 6.79 Å². The van der Waals surface area contributed by atoms with Crippen molar-refractivity contribution in [3.05, 3.63) is 65.2 Å². The summed E-state index contributed by atoms with van der Waals surface area (Å²) in [5.41, 5.74) is 3.16. The monoisotopic (exact) mass is 300 g/mol. The number of rotatable bonds is 5. The van der Waals surface area contributed by atoms with E-state index >= 15 is 0 Å². The van der Waals surface area contributed by atoms with Crippen LogP contribution in [0.5, 0.6) is 5.75 Å². The molecule has 0 amide bonds. The molecule has 0 aliphatic heterocycles. The maximum absolute atomic E-state index is 5.57. The number of aryl methyl sites for hydroxylation is 1. The van der Waals surface area contributed by atoms with E-state index in [1.807, 2.05) is 55.5 Å². The summed E-state index contributed by atoms with van der Waals surface area (Å²) in [6, 6.07) is 15.8. The third-order valence-corrected chi connectivity index (χ3v) is 3.04. The van der Waals surface area contributed by atoms with E-state index in [1.165, 1.54) is 0 Å². The Labute approximate surface area is 130 Å². The summed E-state index contributed by atoms with van der Waals surface area (Å²) < 4.78 is 11.1. The van der Waals surface area contributed by atoms with Crippen LogP contribution in [0.25, 0.3) is 0 Å². The molecule has 0 spiro atoms. The minimum atomic E-state index is 0.223. The van der Waals surface area contributed by atoms with Gasteiger partial charge in [-0.2, -0.15) is 0 Å². The highest BCUT2D eigenvalue weighted by Crippen LogP contribution is 2.16. The minimum absolute atomic E-state index is 0.223.